The number of nitrogens with zero attached hydrogens (tertiary/aromatic N) is 4. The minimum atomic E-state index is -4.47. The van der Waals surface area contributed by atoms with E-state index >= 15 is 0 Å². The van der Waals surface area contributed by atoms with Gasteiger partial charge < -0.3 is 14.4 Å². The zero-order valence-electron chi connectivity index (χ0n) is 23.7. The molecule has 222 valence electrons. The van der Waals surface area contributed by atoms with Gasteiger partial charge in [-0.25, -0.2) is 9.97 Å². The number of carbonyl (C=O) groups is 1. The summed E-state index contributed by atoms with van der Waals surface area (Å²) < 4.78 is 51.8. The fraction of sp³-hybridized carbons (Fsp3) is 0.355. The van der Waals surface area contributed by atoms with E-state index in [2.05, 4.69) is 4.98 Å². The van der Waals surface area contributed by atoms with Crippen LogP contribution in [-0.2, 0) is 22.1 Å². The molecule has 8 nitrogen and oxygen atoms in total. The number of pyridine rings is 1. The van der Waals surface area contributed by atoms with Crippen molar-refractivity contribution in [2.45, 2.75) is 45.8 Å². The normalized spacial score (nSPS) is 12.3. The van der Waals surface area contributed by atoms with E-state index in [1.807, 2.05) is 20.8 Å². The van der Waals surface area contributed by atoms with E-state index in [9.17, 15) is 22.8 Å². The summed E-state index contributed by atoms with van der Waals surface area (Å²) in [6.07, 6.45) is -2.67. The van der Waals surface area contributed by atoms with Crippen molar-refractivity contribution in [3.05, 3.63) is 94.2 Å². The Kier molecular flexibility index (Phi) is 9.95. The molecule has 0 radical (unpaired) electrons. The highest BCUT2D eigenvalue weighted by atomic mass is 19.4. The molecule has 0 N–H and O–H groups in total. The van der Waals surface area contributed by atoms with Crippen LogP contribution >= 0.6 is 0 Å². The van der Waals surface area contributed by atoms with Crippen LogP contribution in [0.2, 0.25) is 0 Å². The maximum atomic E-state index is 13.9. The number of carbonyl (C=O) groups excluding carboxylic acids is 1. The molecular formula is C31H33F3N4O4. The zero-order valence-corrected chi connectivity index (χ0v) is 23.7. The number of ether oxygens (including phenoxy) is 2. The predicted octanol–water partition coefficient (Wildman–Crippen LogP) is 5.76. The monoisotopic (exact) mass is 582 g/mol. The minimum Gasteiger partial charge on any atom is -0.494 e. The molecule has 2 aromatic carbocycles. The van der Waals surface area contributed by atoms with Gasteiger partial charge in [0.05, 0.1) is 42.3 Å². The van der Waals surface area contributed by atoms with Crippen LogP contribution in [0, 0.1) is 0 Å². The van der Waals surface area contributed by atoms with Gasteiger partial charge in [0.2, 0.25) is 5.91 Å². The van der Waals surface area contributed by atoms with Crippen LogP contribution in [-0.4, -0.2) is 51.7 Å². The van der Waals surface area contributed by atoms with Gasteiger partial charge in [0.1, 0.15) is 11.6 Å². The topological polar surface area (TPSA) is 86.5 Å². The molecule has 0 fully saturated rings. The second-order valence-electron chi connectivity index (χ2n) is 9.49. The molecule has 0 aliphatic carbocycles. The molecule has 1 amide bonds. The summed E-state index contributed by atoms with van der Waals surface area (Å²) in [6, 6.07) is 14.2. The zero-order chi connectivity index (χ0) is 30.3. The first-order chi connectivity index (χ1) is 20.2. The standard InChI is InChI=1S/C31H33F3N4O4/c1-4-26(37(18-19-41-5-2)27(39)20-21-9-11-22(12-10-21)31(32,33)34)29-36-28-25(8-7-17-35-28)30(40)38(29)23-13-15-24(16-14-23)42-6-3/h7-17,26H,4-6,18-20H2,1-3H3. The molecule has 0 aliphatic heterocycles. The van der Waals surface area contributed by atoms with Crippen molar-refractivity contribution in [3.63, 3.8) is 0 Å². The van der Waals surface area contributed by atoms with E-state index in [4.69, 9.17) is 14.5 Å². The fourth-order valence-corrected chi connectivity index (χ4v) is 4.76. The van der Waals surface area contributed by atoms with Crippen LogP contribution in [0.1, 0.15) is 50.2 Å². The van der Waals surface area contributed by atoms with Gasteiger partial charge in [-0.15, -0.1) is 0 Å². The number of benzene rings is 2. The molecule has 0 saturated carbocycles. The molecule has 1 unspecified atom stereocenters. The van der Waals surface area contributed by atoms with Crippen molar-refractivity contribution < 1.29 is 27.4 Å². The molecule has 4 rings (SSSR count). The smallest absolute Gasteiger partial charge is 0.416 e. The van der Waals surface area contributed by atoms with E-state index in [0.717, 1.165) is 12.1 Å². The predicted molar refractivity (Wildman–Crippen MR) is 153 cm³/mol. The SMILES string of the molecule is CCOCCN(C(=O)Cc1ccc(C(F)(F)F)cc1)C(CC)c1nc2ncccc2c(=O)n1-c1ccc(OCC)cc1. The number of halogens is 3. The van der Waals surface area contributed by atoms with Gasteiger partial charge in [-0.2, -0.15) is 13.2 Å². The van der Waals surface area contributed by atoms with E-state index in [1.165, 1.54) is 16.7 Å². The van der Waals surface area contributed by atoms with E-state index in [1.54, 1.807) is 47.5 Å². The third-order valence-corrected chi connectivity index (χ3v) is 6.77. The number of fused-ring (bicyclic) bond motifs is 1. The summed E-state index contributed by atoms with van der Waals surface area (Å²) in [5.41, 5.74) is 0.0886. The maximum Gasteiger partial charge on any atom is 0.416 e. The molecule has 0 aliphatic rings. The second kappa shape index (κ2) is 13.6. The molecule has 42 heavy (non-hydrogen) atoms. The summed E-state index contributed by atoms with van der Waals surface area (Å²) in [4.78, 5) is 38.3. The number of amides is 1. The average molecular weight is 583 g/mol. The van der Waals surface area contributed by atoms with Crippen LogP contribution in [0.25, 0.3) is 16.7 Å². The highest BCUT2D eigenvalue weighted by Gasteiger charge is 2.31. The number of hydrogen-bond donors (Lipinski definition) is 0. The first kappa shape index (κ1) is 30.7. The first-order valence-electron chi connectivity index (χ1n) is 13.8. The average Bonchev–Trinajstić information content (AvgIpc) is 2.97. The van der Waals surface area contributed by atoms with Gasteiger partial charge in [0.25, 0.3) is 5.56 Å². The molecule has 2 aromatic heterocycles. The van der Waals surface area contributed by atoms with E-state index in [0.29, 0.717) is 47.8 Å². The lowest BCUT2D eigenvalue weighted by Gasteiger charge is -2.32. The van der Waals surface area contributed by atoms with Gasteiger partial charge in [-0.05, 0) is 74.4 Å². The number of aromatic nitrogens is 3. The fourth-order valence-electron chi connectivity index (χ4n) is 4.76. The van der Waals surface area contributed by atoms with E-state index < -0.39 is 17.8 Å². The Morgan fingerprint density at radius 1 is 1.00 bits per heavy atom. The van der Waals surface area contributed by atoms with Gasteiger partial charge in [0.15, 0.2) is 5.65 Å². The molecule has 0 spiro atoms. The summed E-state index contributed by atoms with van der Waals surface area (Å²) in [5.74, 6) is 0.619. The molecule has 11 heteroatoms. The van der Waals surface area contributed by atoms with Crippen molar-refractivity contribution >= 4 is 16.9 Å². The Bertz CT molecular complexity index is 1550. The minimum absolute atomic E-state index is 0.139. The lowest BCUT2D eigenvalue weighted by atomic mass is 10.1. The van der Waals surface area contributed by atoms with Crippen LogP contribution < -0.4 is 10.3 Å². The largest absolute Gasteiger partial charge is 0.494 e. The summed E-state index contributed by atoms with van der Waals surface area (Å²) in [7, 11) is 0. The van der Waals surface area contributed by atoms with Gasteiger partial charge in [-0.3, -0.25) is 14.2 Å². The molecule has 0 saturated heterocycles. The number of hydrogen-bond acceptors (Lipinski definition) is 6. The highest BCUT2D eigenvalue weighted by Crippen LogP contribution is 2.30. The third-order valence-electron chi connectivity index (χ3n) is 6.77. The lowest BCUT2D eigenvalue weighted by Crippen LogP contribution is -2.41. The van der Waals surface area contributed by atoms with Crippen molar-refractivity contribution in [3.8, 4) is 11.4 Å². The maximum absolute atomic E-state index is 13.9. The second-order valence-corrected chi connectivity index (χ2v) is 9.49. The quantitative estimate of drug-likeness (QED) is 0.198. The van der Waals surface area contributed by atoms with Gasteiger partial charge >= 0.3 is 6.18 Å². The molecule has 0 bridgehead atoms. The first-order valence-corrected chi connectivity index (χ1v) is 13.8. The molecular weight excluding hydrogens is 549 g/mol. The Labute approximate surface area is 241 Å². The summed E-state index contributed by atoms with van der Waals surface area (Å²) in [5, 5.41) is 0.321. The van der Waals surface area contributed by atoms with Crippen molar-refractivity contribution in [2.24, 2.45) is 0 Å². The van der Waals surface area contributed by atoms with Crippen molar-refractivity contribution in [1.82, 2.24) is 19.4 Å². The third kappa shape index (κ3) is 6.96. The summed E-state index contributed by atoms with van der Waals surface area (Å²) >= 11 is 0. The lowest BCUT2D eigenvalue weighted by molar-refractivity contribution is -0.137. The number of alkyl halides is 3. The Hall–Kier alpha value is -4.25. The van der Waals surface area contributed by atoms with Gasteiger partial charge in [-0.1, -0.05) is 19.1 Å². The van der Waals surface area contributed by atoms with Crippen LogP contribution in [0.4, 0.5) is 13.2 Å². The van der Waals surface area contributed by atoms with Gasteiger partial charge in [0, 0.05) is 19.3 Å². The summed E-state index contributed by atoms with van der Waals surface area (Å²) in [6.45, 7) is 6.93. The van der Waals surface area contributed by atoms with Crippen LogP contribution in [0.15, 0.2) is 71.7 Å². The van der Waals surface area contributed by atoms with Crippen LogP contribution in [0.5, 0.6) is 5.75 Å². The van der Waals surface area contributed by atoms with Crippen molar-refractivity contribution in [1.29, 1.82) is 0 Å². The molecule has 4 aromatic rings. The van der Waals surface area contributed by atoms with Crippen molar-refractivity contribution in [2.75, 3.05) is 26.4 Å². The Balaban J connectivity index is 1.79. The molecule has 1 atom stereocenters. The Morgan fingerprint density at radius 2 is 1.71 bits per heavy atom. The number of rotatable bonds is 12. The van der Waals surface area contributed by atoms with E-state index in [-0.39, 0.29) is 36.7 Å². The highest BCUT2D eigenvalue weighted by molar-refractivity contribution is 5.79. The Morgan fingerprint density at radius 3 is 2.33 bits per heavy atom. The molecule has 2 heterocycles. The van der Waals surface area contributed by atoms with Crippen LogP contribution in [0.3, 0.4) is 0 Å².